The summed E-state index contributed by atoms with van der Waals surface area (Å²) in [5, 5.41) is 2.71. The average Bonchev–Trinajstić information content (AvgIpc) is 2.44. The maximum atomic E-state index is 11.8. The molecular weight excluding hydrogens is 258 g/mol. The van der Waals surface area contributed by atoms with Crippen LogP contribution < -0.4 is 5.32 Å². The first-order chi connectivity index (χ1) is 9.58. The third-order valence-corrected chi connectivity index (χ3v) is 2.68. The Bertz CT molecular complexity index is 471. The maximum Gasteiger partial charge on any atom is 0.339 e. The first-order valence-electron chi connectivity index (χ1n) is 6.65. The van der Waals surface area contributed by atoms with Crippen molar-refractivity contribution in [2.24, 2.45) is 0 Å². The van der Waals surface area contributed by atoms with Crippen molar-refractivity contribution in [3.8, 4) is 0 Å². The number of rotatable bonds is 7. The zero-order valence-corrected chi connectivity index (χ0v) is 12.2. The van der Waals surface area contributed by atoms with Crippen LogP contribution in [0.2, 0.25) is 0 Å². The topological polar surface area (TPSA) is 64.6 Å². The lowest BCUT2D eigenvalue weighted by Crippen LogP contribution is -2.17. The Morgan fingerprint density at radius 2 is 2.00 bits per heavy atom. The third kappa shape index (κ3) is 5.01. The van der Waals surface area contributed by atoms with Crippen molar-refractivity contribution in [1.29, 1.82) is 0 Å². The Kier molecular flexibility index (Phi) is 6.73. The molecule has 0 bridgehead atoms. The van der Waals surface area contributed by atoms with Crippen LogP contribution in [0.5, 0.6) is 0 Å². The molecule has 0 unspecified atom stereocenters. The Balaban J connectivity index is 2.67. The van der Waals surface area contributed by atoms with Crippen molar-refractivity contribution < 1.29 is 19.1 Å². The van der Waals surface area contributed by atoms with Crippen molar-refractivity contribution in [2.75, 3.05) is 25.6 Å². The average molecular weight is 279 g/mol. The molecule has 0 saturated carbocycles. The van der Waals surface area contributed by atoms with Gasteiger partial charge in [-0.25, -0.2) is 4.79 Å². The van der Waals surface area contributed by atoms with Crippen LogP contribution in [0.15, 0.2) is 18.2 Å². The summed E-state index contributed by atoms with van der Waals surface area (Å²) in [6.45, 7) is 4.90. The van der Waals surface area contributed by atoms with Gasteiger partial charge in [0, 0.05) is 6.61 Å². The van der Waals surface area contributed by atoms with Crippen LogP contribution in [0.4, 0.5) is 5.69 Å². The second-order valence-electron chi connectivity index (χ2n) is 4.45. The van der Waals surface area contributed by atoms with Gasteiger partial charge < -0.3 is 14.8 Å². The van der Waals surface area contributed by atoms with Gasteiger partial charge in [0.25, 0.3) is 0 Å². The zero-order valence-electron chi connectivity index (χ0n) is 12.2. The van der Waals surface area contributed by atoms with Gasteiger partial charge in [0.1, 0.15) is 0 Å². The van der Waals surface area contributed by atoms with E-state index in [9.17, 15) is 9.59 Å². The van der Waals surface area contributed by atoms with Crippen LogP contribution in [-0.4, -0.2) is 32.2 Å². The zero-order chi connectivity index (χ0) is 15.0. The minimum atomic E-state index is -0.466. The molecule has 1 aromatic carbocycles. The molecule has 1 rings (SSSR count). The fourth-order valence-electron chi connectivity index (χ4n) is 1.67. The summed E-state index contributed by atoms with van der Waals surface area (Å²) >= 11 is 0. The van der Waals surface area contributed by atoms with E-state index in [2.05, 4.69) is 5.32 Å². The number of methoxy groups -OCH3 is 1. The minimum absolute atomic E-state index is 0.185. The van der Waals surface area contributed by atoms with Crippen molar-refractivity contribution in [2.45, 2.75) is 26.7 Å². The minimum Gasteiger partial charge on any atom is -0.465 e. The molecule has 0 aliphatic heterocycles. The Hall–Kier alpha value is -1.88. The van der Waals surface area contributed by atoms with E-state index in [1.54, 1.807) is 12.1 Å². The van der Waals surface area contributed by atoms with Gasteiger partial charge in [-0.2, -0.15) is 0 Å². The molecule has 0 spiro atoms. The molecular formula is C15H21NO4. The van der Waals surface area contributed by atoms with Crippen molar-refractivity contribution in [1.82, 2.24) is 0 Å². The summed E-state index contributed by atoms with van der Waals surface area (Å²) in [4.78, 5) is 23.4. The van der Waals surface area contributed by atoms with Gasteiger partial charge in [-0.3, -0.25) is 4.79 Å². The van der Waals surface area contributed by atoms with E-state index in [4.69, 9.17) is 9.47 Å². The van der Waals surface area contributed by atoms with Gasteiger partial charge in [0.05, 0.1) is 31.4 Å². The van der Waals surface area contributed by atoms with Gasteiger partial charge in [-0.15, -0.1) is 0 Å². The smallest absolute Gasteiger partial charge is 0.339 e. The second kappa shape index (κ2) is 8.32. The predicted molar refractivity (Wildman–Crippen MR) is 76.9 cm³/mol. The molecule has 110 valence electrons. The third-order valence-electron chi connectivity index (χ3n) is 2.68. The maximum absolute atomic E-state index is 11.8. The SMILES string of the molecule is CCCOCCC(=O)Nc1ccc(C)cc1C(=O)OC. The first-order valence-corrected chi connectivity index (χ1v) is 6.65. The second-order valence-corrected chi connectivity index (χ2v) is 4.45. The van der Waals surface area contributed by atoms with E-state index in [0.29, 0.717) is 24.5 Å². The molecule has 0 aliphatic rings. The summed E-state index contributed by atoms with van der Waals surface area (Å²) < 4.78 is 9.97. The molecule has 0 saturated heterocycles. The quantitative estimate of drug-likeness (QED) is 0.615. The number of aryl methyl sites for hydroxylation is 1. The van der Waals surface area contributed by atoms with Crippen molar-refractivity contribution in [3.63, 3.8) is 0 Å². The van der Waals surface area contributed by atoms with E-state index in [0.717, 1.165) is 12.0 Å². The first kappa shape index (κ1) is 16.2. The molecule has 5 heteroatoms. The molecule has 0 aliphatic carbocycles. The highest BCUT2D eigenvalue weighted by atomic mass is 16.5. The molecule has 0 heterocycles. The molecule has 20 heavy (non-hydrogen) atoms. The number of ether oxygens (including phenoxy) is 2. The molecule has 0 atom stereocenters. The van der Waals surface area contributed by atoms with Crippen LogP contribution in [0.25, 0.3) is 0 Å². The number of hydrogen-bond donors (Lipinski definition) is 1. The number of amides is 1. The summed E-state index contributed by atoms with van der Waals surface area (Å²) in [5.74, 6) is -0.652. The fraction of sp³-hybridized carbons (Fsp3) is 0.467. The normalized spacial score (nSPS) is 10.2. The summed E-state index contributed by atoms with van der Waals surface area (Å²) in [6.07, 6.45) is 1.18. The highest BCUT2D eigenvalue weighted by Gasteiger charge is 2.14. The fourth-order valence-corrected chi connectivity index (χ4v) is 1.67. The Morgan fingerprint density at radius 3 is 2.65 bits per heavy atom. The standard InChI is InChI=1S/C15H21NO4/c1-4-8-20-9-7-14(17)16-13-6-5-11(2)10-12(13)15(18)19-3/h5-6,10H,4,7-9H2,1-3H3,(H,16,17). The lowest BCUT2D eigenvalue weighted by Gasteiger charge is -2.10. The number of esters is 1. The highest BCUT2D eigenvalue weighted by molar-refractivity contribution is 6.01. The van der Waals surface area contributed by atoms with Crippen LogP contribution in [0.1, 0.15) is 35.7 Å². The number of carbonyl (C=O) groups excluding carboxylic acids is 2. The molecule has 0 aromatic heterocycles. The number of hydrogen-bond acceptors (Lipinski definition) is 4. The number of carbonyl (C=O) groups is 2. The van der Waals surface area contributed by atoms with Crippen LogP contribution >= 0.6 is 0 Å². The lowest BCUT2D eigenvalue weighted by molar-refractivity contribution is -0.117. The lowest BCUT2D eigenvalue weighted by atomic mass is 10.1. The largest absolute Gasteiger partial charge is 0.465 e. The van der Waals surface area contributed by atoms with Gasteiger partial charge >= 0.3 is 5.97 Å². The van der Waals surface area contributed by atoms with Gasteiger partial charge in [-0.1, -0.05) is 18.6 Å². The van der Waals surface area contributed by atoms with Crippen molar-refractivity contribution >= 4 is 17.6 Å². The molecule has 0 fully saturated rings. The molecule has 5 nitrogen and oxygen atoms in total. The number of anilines is 1. The number of benzene rings is 1. The molecule has 1 amide bonds. The molecule has 1 aromatic rings. The van der Waals surface area contributed by atoms with E-state index in [1.165, 1.54) is 7.11 Å². The highest BCUT2D eigenvalue weighted by Crippen LogP contribution is 2.18. The monoisotopic (exact) mass is 279 g/mol. The van der Waals surface area contributed by atoms with E-state index < -0.39 is 5.97 Å². The number of nitrogens with one attached hydrogen (secondary N) is 1. The van der Waals surface area contributed by atoms with Gasteiger partial charge in [-0.05, 0) is 25.5 Å². The summed E-state index contributed by atoms with van der Waals surface area (Å²) in [7, 11) is 1.31. The van der Waals surface area contributed by atoms with E-state index in [-0.39, 0.29) is 12.3 Å². The van der Waals surface area contributed by atoms with Crippen LogP contribution in [-0.2, 0) is 14.3 Å². The molecule has 1 N–H and O–H groups in total. The van der Waals surface area contributed by atoms with Crippen LogP contribution in [0.3, 0.4) is 0 Å². The predicted octanol–water partition coefficient (Wildman–Crippen LogP) is 2.54. The summed E-state index contributed by atoms with van der Waals surface area (Å²) in [6, 6.07) is 5.22. The van der Waals surface area contributed by atoms with E-state index in [1.807, 2.05) is 19.9 Å². The van der Waals surface area contributed by atoms with Gasteiger partial charge in [0.15, 0.2) is 0 Å². The molecule has 0 radical (unpaired) electrons. The van der Waals surface area contributed by atoms with Crippen molar-refractivity contribution in [3.05, 3.63) is 29.3 Å². The van der Waals surface area contributed by atoms with Gasteiger partial charge in [0.2, 0.25) is 5.91 Å². The Labute approximate surface area is 119 Å². The Morgan fingerprint density at radius 1 is 1.25 bits per heavy atom. The summed E-state index contributed by atoms with van der Waals surface area (Å²) in [5.41, 5.74) is 1.74. The van der Waals surface area contributed by atoms with E-state index >= 15 is 0 Å². The van der Waals surface area contributed by atoms with Crippen LogP contribution in [0, 0.1) is 6.92 Å².